The molecule has 2 aromatic carbocycles. The van der Waals surface area contributed by atoms with Crippen LogP contribution in [0, 0.1) is 0 Å². The minimum Gasteiger partial charge on any atom is -0.487 e. The number of rotatable bonds is 9. The van der Waals surface area contributed by atoms with Gasteiger partial charge >= 0.3 is 5.97 Å². The van der Waals surface area contributed by atoms with Gasteiger partial charge in [-0.05, 0) is 80.6 Å². The van der Waals surface area contributed by atoms with Gasteiger partial charge in [-0.15, -0.1) is 0 Å². The highest BCUT2D eigenvalue weighted by Crippen LogP contribution is 2.35. The molecule has 2 N–H and O–H groups in total. The lowest BCUT2D eigenvalue weighted by atomic mass is 10.1. The zero-order valence-corrected chi connectivity index (χ0v) is 17.6. The number of carboxylic acids is 1. The van der Waals surface area contributed by atoms with Crippen LogP contribution in [0.1, 0.15) is 24.5 Å². The lowest BCUT2D eigenvalue weighted by Crippen LogP contribution is -2.02. The molecule has 0 bridgehead atoms. The van der Waals surface area contributed by atoms with Gasteiger partial charge < -0.3 is 15.2 Å². The van der Waals surface area contributed by atoms with Gasteiger partial charge in [-0.2, -0.15) is 0 Å². The second-order valence-corrected chi connectivity index (χ2v) is 7.43. The van der Waals surface area contributed by atoms with Gasteiger partial charge in [0.25, 0.3) is 0 Å². The van der Waals surface area contributed by atoms with E-state index in [2.05, 4.69) is 49.3 Å². The maximum atomic E-state index is 10.7. The number of anilines is 1. The summed E-state index contributed by atoms with van der Waals surface area (Å²) in [5.74, 6) is -0.100. The summed E-state index contributed by atoms with van der Waals surface area (Å²) in [6, 6.07) is 11.9. The number of halogens is 2. The van der Waals surface area contributed by atoms with Crippen molar-refractivity contribution in [1.29, 1.82) is 0 Å². The third kappa shape index (κ3) is 6.50. The quantitative estimate of drug-likeness (QED) is 0.443. The fourth-order valence-electron chi connectivity index (χ4n) is 2.37. The van der Waals surface area contributed by atoms with E-state index in [1.54, 1.807) is 0 Å². The van der Waals surface area contributed by atoms with Crippen LogP contribution in [0.25, 0.3) is 0 Å². The molecule has 4 nitrogen and oxygen atoms in total. The standard InChI is InChI=1S/C20H21Br2NO3/c1-2-3-9-23-16-6-4-5-15(10-16)13-26-20-17(21)11-14(12-18(20)22)7-8-19(24)25/h2-6,10-12,23H,7-9,13H2,1H3,(H,24,25). The Labute approximate surface area is 170 Å². The average molecular weight is 483 g/mol. The van der Waals surface area contributed by atoms with E-state index in [9.17, 15) is 4.79 Å². The number of carbonyl (C=O) groups is 1. The number of carboxylic acid groups (broad SMARTS) is 1. The van der Waals surface area contributed by atoms with Gasteiger partial charge in [0, 0.05) is 18.7 Å². The summed E-state index contributed by atoms with van der Waals surface area (Å²) in [6.45, 7) is 3.22. The molecule has 0 aliphatic rings. The number of aliphatic carboxylic acids is 1. The van der Waals surface area contributed by atoms with E-state index in [0.717, 1.165) is 32.3 Å². The first-order valence-electron chi connectivity index (χ1n) is 8.26. The van der Waals surface area contributed by atoms with E-state index < -0.39 is 5.97 Å². The van der Waals surface area contributed by atoms with E-state index in [0.29, 0.717) is 18.8 Å². The van der Waals surface area contributed by atoms with E-state index in [-0.39, 0.29) is 6.42 Å². The topological polar surface area (TPSA) is 58.6 Å². The minimum absolute atomic E-state index is 0.103. The summed E-state index contributed by atoms with van der Waals surface area (Å²) in [5.41, 5.74) is 3.05. The van der Waals surface area contributed by atoms with E-state index in [1.165, 1.54) is 0 Å². The van der Waals surface area contributed by atoms with Crippen molar-refractivity contribution in [2.24, 2.45) is 0 Å². The summed E-state index contributed by atoms with van der Waals surface area (Å²) in [6.07, 6.45) is 4.65. The number of hydrogen-bond acceptors (Lipinski definition) is 3. The molecule has 0 aliphatic carbocycles. The molecular formula is C20H21Br2NO3. The van der Waals surface area contributed by atoms with Crippen molar-refractivity contribution >= 4 is 43.5 Å². The third-order valence-corrected chi connectivity index (χ3v) is 4.83. The molecule has 0 amide bonds. The van der Waals surface area contributed by atoms with Crippen LogP contribution in [0.4, 0.5) is 5.69 Å². The number of hydrogen-bond donors (Lipinski definition) is 2. The highest BCUT2D eigenvalue weighted by Gasteiger charge is 2.10. The van der Waals surface area contributed by atoms with Crippen molar-refractivity contribution in [3.63, 3.8) is 0 Å². The van der Waals surface area contributed by atoms with Gasteiger partial charge in [0.1, 0.15) is 12.4 Å². The van der Waals surface area contributed by atoms with Crippen molar-refractivity contribution in [1.82, 2.24) is 0 Å². The van der Waals surface area contributed by atoms with Gasteiger partial charge in [0.05, 0.1) is 8.95 Å². The first-order chi connectivity index (χ1) is 12.5. The van der Waals surface area contributed by atoms with Crippen molar-refractivity contribution < 1.29 is 14.6 Å². The molecule has 0 aliphatic heterocycles. The van der Waals surface area contributed by atoms with Crippen LogP contribution in [0.3, 0.4) is 0 Å². The molecule has 0 spiro atoms. The molecule has 0 saturated carbocycles. The average Bonchev–Trinajstić information content (AvgIpc) is 2.60. The molecule has 2 aromatic rings. The van der Waals surface area contributed by atoms with Crippen LogP contribution in [0.2, 0.25) is 0 Å². The molecule has 0 atom stereocenters. The molecule has 0 saturated heterocycles. The highest BCUT2D eigenvalue weighted by molar-refractivity contribution is 9.11. The molecule has 0 aromatic heterocycles. The van der Waals surface area contributed by atoms with E-state index in [1.807, 2.05) is 43.3 Å². The van der Waals surface area contributed by atoms with E-state index >= 15 is 0 Å². The molecule has 0 unspecified atom stereocenters. The Balaban J connectivity index is 2.02. The normalized spacial score (nSPS) is 10.9. The molecule has 0 radical (unpaired) electrons. The molecule has 0 fully saturated rings. The number of nitrogens with one attached hydrogen (secondary N) is 1. The first-order valence-corrected chi connectivity index (χ1v) is 9.84. The van der Waals surface area contributed by atoms with Crippen LogP contribution in [0.15, 0.2) is 57.5 Å². The maximum absolute atomic E-state index is 10.7. The summed E-state index contributed by atoms with van der Waals surface area (Å²) >= 11 is 7.03. The molecular weight excluding hydrogens is 462 g/mol. The number of allylic oxidation sites excluding steroid dienone is 1. The first kappa shape index (κ1) is 20.5. The largest absolute Gasteiger partial charge is 0.487 e. The van der Waals surface area contributed by atoms with E-state index in [4.69, 9.17) is 9.84 Å². The second kappa shape index (κ2) is 10.4. The van der Waals surface area contributed by atoms with Crippen molar-refractivity contribution in [2.45, 2.75) is 26.4 Å². The lowest BCUT2D eigenvalue weighted by molar-refractivity contribution is -0.136. The third-order valence-electron chi connectivity index (χ3n) is 3.66. The van der Waals surface area contributed by atoms with Crippen LogP contribution in [-0.2, 0) is 17.8 Å². The Morgan fingerprint density at radius 3 is 2.58 bits per heavy atom. The van der Waals surface area contributed by atoms with Gasteiger partial charge in [-0.25, -0.2) is 0 Å². The summed E-state index contributed by atoms with van der Waals surface area (Å²) in [4.78, 5) is 10.7. The van der Waals surface area contributed by atoms with Crippen molar-refractivity contribution in [3.05, 3.63) is 68.6 Å². The van der Waals surface area contributed by atoms with Crippen LogP contribution in [-0.4, -0.2) is 17.6 Å². The van der Waals surface area contributed by atoms with Crippen LogP contribution >= 0.6 is 31.9 Å². The fraction of sp³-hybridized carbons (Fsp3) is 0.250. The number of ether oxygens (including phenoxy) is 1. The fourth-order valence-corrected chi connectivity index (χ4v) is 3.88. The Hall–Kier alpha value is -1.79. The lowest BCUT2D eigenvalue weighted by Gasteiger charge is -2.13. The predicted octanol–water partition coefficient (Wildman–Crippen LogP) is 5.80. The molecule has 6 heteroatoms. The van der Waals surface area contributed by atoms with Gasteiger partial charge in [0.2, 0.25) is 0 Å². The number of benzene rings is 2. The summed E-state index contributed by atoms with van der Waals surface area (Å²) < 4.78 is 7.56. The van der Waals surface area contributed by atoms with Crippen LogP contribution < -0.4 is 10.1 Å². The second-order valence-electron chi connectivity index (χ2n) is 5.72. The molecule has 2 rings (SSSR count). The predicted molar refractivity (Wildman–Crippen MR) is 112 cm³/mol. The van der Waals surface area contributed by atoms with Gasteiger partial charge in [-0.1, -0.05) is 24.3 Å². The Morgan fingerprint density at radius 1 is 1.19 bits per heavy atom. The molecule has 26 heavy (non-hydrogen) atoms. The SMILES string of the molecule is CC=CCNc1cccc(COc2c(Br)cc(CCC(=O)O)cc2Br)c1. The zero-order valence-electron chi connectivity index (χ0n) is 14.5. The highest BCUT2D eigenvalue weighted by atomic mass is 79.9. The number of aryl methyl sites for hydroxylation is 1. The summed E-state index contributed by atoms with van der Waals surface area (Å²) in [5, 5.41) is 12.1. The molecule has 0 heterocycles. The van der Waals surface area contributed by atoms with Crippen molar-refractivity contribution in [2.75, 3.05) is 11.9 Å². The zero-order chi connectivity index (χ0) is 18.9. The Morgan fingerprint density at radius 2 is 1.92 bits per heavy atom. The minimum atomic E-state index is -0.805. The van der Waals surface area contributed by atoms with Crippen LogP contribution in [0.5, 0.6) is 5.75 Å². The molecule has 138 valence electrons. The summed E-state index contributed by atoms with van der Waals surface area (Å²) in [7, 11) is 0. The van der Waals surface area contributed by atoms with Gasteiger partial charge in [0.15, 0.2) is 0 Å². The maximum Gasteiger partial charge on any atom is 0.303 e. The van der Waals surface area contributed by atoms with Gasteiger partial charge in [-0.3, -0.25) is 4.79 Å². The van der Waals surface area contributed by atoms with Crippen molar-refractivity contribution in [3.8, 4) is 5.75 Å². The Bertz CT molecular complexity index is 767. The Kier molecular flexibility index (Phi) is 8.19. The smallest absolute Gasteiger partial charge is 0.303 e. The monoisotopic (exact) mass is 481 g/mol.